The maximum atomic E-state index is 13.0. The Bertz CT molecular complexity index is 900. The van der Waals surface area contributed by atoms with Crippen molar-refractivity contribution in [3.63, 3.8) is 0 Å². The molecule has 0 saturated carbocycles. The normalized spacial score (nSPS) is 18.4. The van der Waals surface area contributed by atoms with Crippen LogP contribution in [0.2, 0.25) is 0 Å². The number of benzene rings is 1. The molecule has 8 nitrogen and oxygen atoms in total. The van der Waals surface area contributed by atoms with Crippen molar-refractivity contribution >= 4 is 46.9 Å². The fourth-order valence-corrected chi connectivity index (χ4v) is 4.86. The number of non-ortho nitro benzene ring substituents is 1. The first-order chi connectivity index (χ1) is 14.8. The second kappa shape index (κ2) is 11.9. The Hall–Kier alpha value is -2.33. The Kier molecular flexibility index (Phi) is 9.57. The lowest BCUT2D eigenvalue weighted by Crippen LogP contribution is -2.37. The molecule has 1 aromatic carbocycles. The van der Waals surface area contributed by atoms with Gasteiger partial charge in [-0.2, -0.15) is 11.8 Å². The van der Waals surface area contributed by atoms with E-state index in [2.05, 4.69) is 4.99 Å². The number of hydrogen-bond acceptors (Lipinski definition) is 9. The van der Waals surface area contributed by atoms with E-state index in [0.29, 0.717) is 22.7 Å². The van der Waals surface area contributed by atoms with E-state index in [1.807, 2.05) is 6.26 Å². The average molecular weight is 467 g/mol. The SMILES string of the molecule is CCOC(=O)C1=C(CSCSC)N=C(C)C(C(=O)OCC)C1c1cccc([N+](=O)[O-])c1. The van der Waals surface area contributed by atoms with Crippen LogP contribution in [0.5, 0.6) is 0 Å². The van der Waals surface area contributed by atoms with Crippen LogP contribution < -0.4 is 0 Å². The molecule has 1 aromatic rings. The van der Waals surface area contributed by atoms with E-state index in [1.165, 1.54) is 12.1 Å². The van der Waals surface area contributed by atoms with Crippen molar-refractivity contribution in [2.75, 3.05) is 30.3 Å². The summed E-state index contributed by atoms with van der Waals surface area (Å²) >= 11 is 3.24. The standard InChI is InChI=1S/C21H26N2O6S2/c1-5-28-20(24)17-13(3)22-16(11-31-12-30-4)19(21(25)29-6-2)18(17)14-8-7-9-15(10-14)23(26)27/h7-10,17-18H,5-6,11-12H2,1-4H3. The summed E-state index contributed by atoms with van der Waals surface area (Å²) in [5.74, 6) is -2.33. The zero-order chi connectivity index (χ0) is 23.0. The first-order valence-electron chi connectivity index (χ1n) is 9.78. The highest BCUT2D eigenvalue weighted by Crippen LogP contribution is 2.41. The topological polar surface area (TPSA) is 108 Å². The van der Waals surface area contributed by atoms with E-state index in [0.717, 1.165) is 5.08 Å². The second-order valence-electron chi connectivity index (χ2n) is 6.65. The van der Waals surface area contributed by atoms with Crippen LogP contribution in [0, 0.1) is 16.0 Å². The predicted molar refractivity (Wildman–Crippen MR) is 124 cm³/mol. The van der Waals surface area contributed by atoms with Gasteiger partial charge in [0.2, 0.25) is 0 Å². The highest BCUT2D eigenvalue weighted by atomic mass is 32.2. The summed E-state index contributed by atoms with van der Waals surface area (Å²) in [4.78, 5) is 41.3. The number of carbonyl (C=O) groups excluding carboxylic acids is 2. The molecule has 0 aliphatic carbocycles. The van der Waals surface area contributed by atoms with Crippen LogP contribution in [0.25, 0.3) is 0 Å². The van der Waals surface area contributed by atoms with Gasteiger partial charge in [-0.05, 0) is 32.6 Å². The first kappa shape index (κ1) is 24.9. The third-order valence-corrected chi connectivity index (χ3v) is 6.72. The van der Waals surface area contributed by atoms with Gasteiger partial charge in [-0.1, -0.05) is 12.1 Å². The quantitative estimate of drug-likeness (QED) is 0.166. The smallest absolute Gasteiger partial charge is 0.336 e. The first-order valence-corrected chi connectivity index (χ1v) is 12.3. The van der Waals surface area contributed by atoms with Crippen molar-refractivity contribution in [2.45, 2.75) is 26.7 Å². The maximum absolute atomic E-state index is 13.0. The van der Waals surface area contributed by atoms with E-state index in [1.54, 1.807) is 56.4 Å². The molecule has 0 N–H and O–H groups in total. The van der Waals surface area contributed by atoms with Crippen molar-refractivity contribution < 1.29 is 24.0 Å². The minimum Gasteiger partial charge on any atom is -0.465 e. The molecule has 1 heterocycles. The van der Waals surface area contributed by atoms with E-state index >= 15 is 0 Å². The second-order valence-corrected chi connectivity index (χ2v) is 8.87. The Morgan fingerprint density at radius 1 is 1.23 bits per heavy atom. The molecular formula is C21H26N2O6S2. The van der Waals surface area contributed by atoms with Crippen molar-refractivity contribution in [2.24, 2.45) is 10.9 Å². The zero-order valence-corrected chi connectivity index (χ0v) is 19.6. The number of rotatable bonds is 10. The Morgan fingerprint density at radius 3 is 2.55 bits per heavy atom. The molecule has 0 spiro atoms. The van der Waals surface area contributed by atoms with Gasteiger partial charge in [0.15, 0.2) is 0 Å². The number of carbonyl (C=O) groups is 2. The van der Waals surface area contributed by atoms with Gasteiger partial charge in [0.05, 0.1) is 29.4 Å². The number of nitrogens with zero attached hydrogens (tertiary/aromatic N) is 2. The minimum atomic E-state index is -0.879. The summed E-state index contributed by atoms with van der Waals surface area (Å²) in [5.41, 5.74) is 1.62. The lowest BCUT2D eigenvalue weighted by atomic mass is 9.75. The molecule has 168 valence electrons. The van der Waals surface area contributed by atoms with Crippen molar-refractivity contribution in [1.82, 2.24) is 0 Å². The molecule has 1 aliphatic rings. The third-order valence-electron chi connectivity index (χ3n) is 4.63. The van der Waals surface area contributed by atoms with Crippen LogP contribution in [0.1, 0.15) is 32.3 Å². The van der Waals surface area contributed by atoms with Gasteiger partial charge in [-0.3, -0.25) is 19.9 Å². The Labute approximate surface area is 190 Å². The van der Waals surface area contributed by atoms with E-state index < -0.39 is 28.7 Å². The molecule has 0 saturated heterocycles. The number of ether oxygens (including phenoxy) is 2. The highest BCUT2D eigenvalue weighted by Gasteiger charge is 2.43. The van der Waals surface area contributed by atoms with Crippen LogP contribution in [0.3, 0.4) is 0 Å². The molecule has 10 heteroatoms. The summed E-state index contributed by atoms with van der Waals surface area (Å²) in [6.07, 6.45) is 1.98. The maximum Gasteiger partial charge on any atom is 0.336 e. The molecule has 2 atom stereocenters. The Morgan fingerprint density at radius 2 is 1.94 bits per heavy atom. The van der Waals surface area contributed by atoms with Crippen LogP contribution in [-0.2, 0) is 19.1 Å². The predicted octanol–water partition coefficient (Wildman–Crippen LogP) is 4.20. The van der Waals surface area contributed by atoms with Gasteiger partial charge >= 0.3 is 11.9 Å². The summed E-state index contributed by atoms with van der Waals surface area (Å²) in [6, 6.07) is 5.98. The fourth-order valence-electron chi connectivity index (χ4n) is 3.44. The molecule has 0 bridgehead atoms. The number of nitro groups is 1. The number of thioether (sulfide) groups is 2. The minimum absolute atomic E-state index is 0.123. The monoisotopic (exact) mass is 466 g/mol. The van der Waals surface area contributed by atoms with Crippen molar-refractivity contribution in [3.8, 4) is 0 Å². The van der Waals surface area contributed by atoms with Crippen LogP contribution in [-0.4, -0.2) is 52.9 Å². The lowest BCUT2D eigenvalue weighted by molar-refractivity contribution is -0.384. The average Bonchev–Trinajstić information content (AvgIpc) is 2.73. The number of aliphatic imine (C=N–C) groups is 1. The van der Waals surface area contributed by atoms with Crippen LogP contribution in [0.15, 0.2) is 40.5 Å². The van der Waals surface area contributed by atoms with Gasteiger partial charge in [0.1, 0.15) is 5.92 Å². The molecule has 0 amide bonds. The van der Waals surface area contributed by atoms with Gasteiger partial charge in [0, 0.05) is 34.6 Å². The largest absolute Gasteiger partial charge is 0.465 e. The van der Waals surface area contributed by atoms with Gasteiger partial charge in [-0.25, -0.2) is 4.79 Å². The Balaban J connectivity index is 2.70. The zero-order valence-electron chi connectivity index (χ0n) is 18.0. The molecule has 0 radical (unpaired) electrons. The number of esters is 2. The molecular weight excluding hydrogens is 440 g/mol. The van der Waals surface area contributed by atoms with Gasteiger partial charge in [-0.15, -0.1) is 11.8 Å². The molecule has 2 rings (SSSR count). The van der Waals surface area contributed by atoms with Crippen molar-refractivity contribution in [1.29, 1.82) is 0 Å². The van der Waals surface area contributed by atoms with Crippen molar-refractivity contribution in [3.05, 3.63) is 51.2 Å². The van der Waals surface area contributed by atoms with Crippen LogP contribution >= 0.6 is 23.5 Å². The summed E-state index contributed by atoms with van der Waals surface area (Å²) in [7, 11) is 0. The summed E-state index contributed by atoms with van der Waals surface area (Å²) in [6.45, 7) is 5.43. The third kappa shape index (κ3) is 6.10. The van der Waals surface area contributed by atoms with E-state index in [4.69, 9.17) is 9.47 Å². The fraction of sp³-hybridized carbons (Fsp3) is 0.476. The van der Waals surface area contributed by atoms with Crippen LogP contribution in [0.4, 0.5) is 5.69 Å². The van der Waals surface area contributed by atoms with Gasteiger partial charge < -0.3 is 9.47 Å². The number of nitro benzene ring substituents is 1. The molecule has 2 unspecified atom stereocenters. The summed E-state index contributed by atoms with van der Waals surface area (Å²) in [5, 5.41) is 12.2. The lowest BCUT2D eigenvalue weighted by Gasteiger charge is -2.32. The van der Waals surface area contributed by atoms with E-state index in [9.17, 15) is 19.7 Å². The molecule has 31 heavy (non-hydrogen) atoms. The molecule has 0 aromatic heterocycles. The van der Waals surface area contributed by atoms with Gasteiger partial charge in [0.25, 0.3) is 5.69 Å². The van der Waals surface area contributed by atoms with E-state index in [-0.39, 0.29) is 24.5 Å². The highest BCUT2D eigenvalue weighted by molar-refractivity contribution is 8.15. The summed E-state index contributed by atoms with van der Waals surface area (Å²) < 4.78 is 10.6. The molecule has 1 aliphatic heterocycles. The molecule has 0 fully saturated rings. The number of hydrogen-bond donors (Lipinski definition) is 0.